The summed E-state index contributed by atoms with van der Waals surface area (Å²) in [5, 5.41) is 0. The molecular formula is C19H19NO3. The molecule has 2 aromatic carbocycles. The summed E-state index contributed by atoms with van der Waals surface area (Å²) < 4.78 is 4.69. The molecule has 0 radical (unpaired) electrons. The van der Waals surface area contributed by atoms with Crippen LogP contribution in [-0.4, -0.2) is 37.9 Å². The maximum Gasteiger partial charge on any atom is 0.337 e. The lowest BCUT2D eigenvalue weighted by Gasteiger charge is -2.09. The second kappa shape index (κ2) is 7.40. The van der Waals surface area contributed by atoms with Gasteiger partial charge in [-0.25, -0.2) is 4.79 Å². The van der Waals surface area contributed by atoms with Crippen LogP contribution in [0.15, 0.2) is 60.8 Å². The van der Waals surface area contributed by atoms with E-state index in [0.29, 0.717) is 11.1 Å². The summed E-state index contributed by atoms with van der Waals surface area (Å²) in [4.78, 5) is 25.7. The lowest BCUT2D eigenvalue weighted by molar-refractivity contribution is 0.0600. The van der Waals surface area contributed by atoms with E-state index in [0.717, 1.165) is 11.1 Å². The monoisotopic (exact) mass is 309 g/mol. The van der Waals surface area contributed by atoms with Crippen molar-refractivity contribution in [1.82, 2.24) is 4.90 Å². The smallest absolute Gasteiger partial charge is 0.337 e. The molecule has 0 saturated heterocycles. The fourth-order valence-electron chi connectivity index (χ4n) is 2.16. The molecule has 0 aliphatic rings. The van der Waals surface area contributed by atoms with Crippen molar-refractivity contribution >= 4 is 11.8 Å². The van der Waals surface area contributed by atoms with Gasteiger partial charge in [0.2, 0.25) is 0 Å². The molecular weight excluding hydrogens is 290 g/mol. The van der Waals surface area contributed by atoms with Crippen LogP contribution in [0.4, 0.5) is 0 Å². The van der Waals surface area contributed by atoms with Crippen LogP contribution >= 0.6 is 0 Å². The highest BCUT2D eigenvalue weighted by Gasteiger charge is 2.11. The molecule has 2 aromatic rings. The van der Waals surface area contributed by atoms with E-state index < -0.39 is 0 Å². The molecule has 0 fully saturated rings. The molecule has 0 unspecified atom stereocenters. The normalized spacial score (nSPS) is 10.6. The third kappa shape index (κ3) is 4.07. The van der Waals surface area contributed by atoms with Crippen LogP contribution in [0.5, 0.6) is 0 Å². The van der Waals surface area contributed by atoms with Crippen LogP contribution < -0.4 is 0 Å². The third-order valence-corrected chi connectivity index (χ3v) is 3.33. The molecule has 0 N–H and O–H groups in total. The zero-order valence-electron chi connectivity index (χ0n) is 13.4. The van der Waals surface area contributed by atoms with Crippen molar-refractivity contribution in [3.05, 3.63) is 71.9 Å². The van der Waals surface area contributed by atoms with Gasteiger partial charge in [0.25, 0.3) is 0 Å². The molecule has 0 aliphatic heterocycles. The highest BCUT2D eigenvalue weighted by atomic mass is 16.5. The Morgan fingerprint density at radius 3 is 2.26 bits per heavy atom. The highest BCUT2D eigenvalue weighted by molar-refractivity contribution is 6.09. The van der Waals surface area contributed by atoms with E-state index in [-0.39, 0.29) is 11.8 Å². The summed E-state index contributed by atoms with van der Waals surface area (Å²) in [7, 11) is 5.07. The summed E-state index contributed by atoms with van der Waals surface area (Å²) in [6, 6.07) is 14.4. The Morgan fingerprint density at radius 1 is 1.00 bits per heavy atom. The number of hydrogen-bond donors (Lipinski definition) is 0. The molecule has 4 nitrogen and oxygen atoms in total. The molecule has 0 bridgehead atoms. The van der Waals surface area contributed by atoms with E-state index >= 15 is 0 Å². The van der Waals surface area contributed by atoms with Crippen LogP contribution in [0, 0.1) is 0 Å². The molecule has 2 rings (SSSR count). The number of rotatable bonds is 5. The number of ketones is 1. The van der Waals surface area contributed by atoms with Gasteiger partial charge in [-0.2, -0.15) is 0 Å². The first-order valence-electron chi connectivity index (χ1n) is 7.19. The van der Waals surface area contributed by atoms with Crippen molar-refractivity contribution in [1.29, 1.82) is 0 Å². The van der Waals surface area contributed by atoms with E-state index in [1.165, 1.54) is 7.11 Å². The van der Waals surface area contributed by atoms with Gasteiger partial charge < -0.3 is 9.64 Å². The topological polar surface area (TPSA) is 46.6 Å². The number of ether oxygens (including phenoxy) is 1. The Morgan fingerprint density at radius 2 is 1.65 bits per heavy atom. The molecule has 0 spiro atoms. The van der Waals surface area contributed by atoms with Gasteiger partial charge in [0.1, 0.15) is 0 Å². The molecule has 118 valence electrons. The first-order valence-corrected chi connectivity index (χ1v) is 7.19. The average molecular weight is 309 g/mol. The van der Waals surface area contributed by atoms with Gasteiger partial charge in [-0.15, -0.1) is 0 Å². The van der Waals surface area contributed by atoms with E-state index in [9.17, 15) is 9.59 Å². The van der Waals surface area contributed by atoms with Crippen molar-refractivity contribution in [2.24, 2.45) is 0 Å². The Kier molecular flexibility index (Phi) is 5.31. The summed E-state index contributed by atoms with van der Waals surface area (Å²) in [6.45, 7) is 0. The van der Waals surface area contributed by atoms with Crippen LogP contribution in [0.3, 0.4) is 0 Å². The number of esters is 1. The van der Waals surface area contributed by atoms with Crippen LogP contribution in [-0.2, 0) is 4.74 Å². The largest absolute Gasteiger partial charge is 0.465 e. The Hall–Kier alpha value is -2.88. The molecule has 0 heterocycles. The minimum Gasteiger partial charge on any atom is -0.465 e. The van der Waals surface area contributed by atoms with Crippen molar-refractivity contribution in [2.75, 3.05) is 21.2 Å². The van der Waals surface area contributed by atoms with Gasteiger partial charge in [0.15, 0.2) is 5.78 Å². The summed E-state index contributed by atoms with van der Waals surface area (Å²) >= 11 is 0. The minimum absolute atomic E-state index is 0.0636. The quantitative estimate of drug-likeness (QED) is 0.482. The number of carbonyl (C=O) groups excluding carboxylic acids is 2. The summed E-state index contributed by atoms with van der Waals surface area (Å²) in [6.07, 6.45) is 3.26. The predicted octanol–water partition coefficient (Wildman–Crippen LogP) is 3.40. The number of methoxy groups -OCH3 is 1. The van der Waals surface area contributed by atoms with E-state index in [1.54, 1.807) is 30.5 Å². The highest BCUT2D eigenvalue weighted by Crippen LogP contribution is 2.25. The SMILES string of the molecule is COC(=O)c1ccc(-c2ccccc2C(=O)/C=C/N(C)C)cc1. The van der Waals surface area contributed by atoms with Crippen molar-refractivity contribution in [2.45, 2.75) is 0 Å². The van der Waals surface area contributed by atoms with Gasteiger partial charge in [-0.05, 0) is 23.3 Å². The molecule has 4 heteroatoms. The molecule has 0 atom stereocenters. The van der Waals surface area contributed by atoms with Gasteiger partial charge in [0.05, 0.1) is 12.7 Å². The van der Waals surface area contributed by atoms with Crippen molar-refractivity contribution in [3.63, 3.8) is 0 Å². The van der Waals surface area contributed by atoms with Crippen LogP contribution in [0.1, 0.15) is 20.7 Å². The Labute approximate surface area is 136 Å². The molecule has 0 aliphatic carbocycles. The number of carbonyl (C=O) groups is 2. The summed E-state index contributed by atoms with van der Waals surface area (Å²) in [5.41, 5.74) is 2.81. The molecule has 0 saturated carbocycles. The standard InChI is InChI=1S/C19H19NO3/c1-20(2)13-12-18(21)17-7-5-4-6-16(17)14-8-10-15(11-9-14)19(22)23-3/h4-13H,1-3H3/b13-12+. The molecule has 23 heavy (non-hydrogen) atoms. The van der Waals surface area contributed by atoms with Crippen molar-refractivity contribution in [3.8, 4) is 11.1 Å². The minimum atomic E-state index is -0.380. The van der Waals surface area contributed by atoms with E-state index in [1.807, 2.05) is 49.3 Å². The maximum absolute atomic E-state index is 12.4. The number of benzene rings is 2. The van der Waals surface area contributed by atoms with Gasteiger partial charge in [-0.3, -0.25) is 4.79 Å². The summed E-state index contributed by atoms with van der Waals surface area (Å²) in [5.74, 6) is -0.443. The van der Waals surface area contributed by atoms with E-state index in [2.05, 4.69) is 0 Å². The van der Waals surface area contributed by atoms with Gasteiger partial charge in [-0.1, -0.05) is 36.4 Å². The molecule has 0 aromatic heterocycles. The maximum atomic E-state index is 12.4. The lowest BCUT2D eigenvalue weighted by Crippen LogP contribution is -2.04. The zero-order chi connectivity index (χ0) is 16.8. The Bertz CT molecular complexity index is 731. The van der Waals surface area contributed by atoms with Crippen molar-refractivity contribution < 1.29 is 14.3 Å². The fraction of sp³-hybridized carbons (Fsp3) is 0.158. The van der Waals surface area contributed by atoms with Gasteiger partial charge >= 0.3 is 5.97 Å². The average Bonchev–Trinajstić information content (AvgIpc) is 2.59. The first-order chi connectivity index (χ1) is 11.0. The third-order valence-electron chi connectivity index (χ3n) is 3.33. The Balaban J connectivity index is 2.37. The van der Waals surface area contributed by atoms with Gasteiger partial charge in [0, 0.05) is 31.9 Å². The number of nitrogens with zero attached hydrogens (tertiary/aromatic N) is 1. The lowest BCUT2D eigenvalue weighted by atomic mass is 9.96. The number of hydrogen-bond acceptors (Lipinski definition) is 4. The zero-order valence-corrected chi connectivity index (χ0v) is 13.4. The van der Waals surface area contributed by atoms with E-state index in [4.69, 9.17) is 4.74 Å². The molecule has 0 amide bonds. The first kappa shape index (κ1) is 16.5. The van der Waals surface area contributed by atoms with Crippen LogP contribution in [0.2, 0.25) is 0 Å². The second-order valence-corrected chi connectivity index (χ2v) is 5.26. The fourth-order valence-corrected chi connectivity index (χ4v) is 2.16. The number of allylic oxidation sites excluding steroid dienone is 1. The van der Waals surface area contributed by atoms with Crippen LogP contribution in [0.25, 0.3) is 11.1 Å². The second-order valence-electron chi connectivity index (χ2n) is 5.26. The predicted molar refractivity (Wildman–Crippen MR) is 90.4 cm³/mol.